The van der Waals surface area contributed by atoms with Gasteiger partial charge in [-0.3, -0.25) is 9.69 Å². The molecule has 42 heavy (non-hydrogen) atoms. The lowest BCUT2D eigenvalue weighted by molar-refractivity contribution is -0.123. The van der Waals surface area contributed by atoms with Crippen molar-refractivity contribution >= 4 is 22.0 Å². The van der Waals surface area contributed by atoms with E-state index in [4.69, 9.17) is 0 Å². The molecule has 4 N–H and O–H groups in total. The third-order valence-electron chi connectivity index (χ3n) is 6.40. The molecule has 0 radical (unpaired) electrons. The smallest absolute Gasteiger partial charge is 0.408 e. The number of carbonyl (C=O) groups is 2. The van der Waals surface area contributed by atoms with Crippen LogP contribution in [0.1, 0.15) is 30.7 Å². The normalized spacial score (nSPS) is 13.1. The second kappa shape index (κ2) is 15.2. The lowest BCUT2D eigenvalue weighted by Gasteiger charge is -2.31. The number of aromatic nitrogens is 2. The number of hydrogen-bond donors (Lipinski definition) is 4. The van der Waals surface area contributed by atoms with Gasteiger partial charge < -0.3 is 20.5 Å². The number of aromatic amines is 1. The fourth-order valence-electron chi connectivity index (χ4n) is 4.35. The summed E-state index contributed by atoms with van der Waals surface area (Å²) in [5, 5.41) is 26.5. The highest BCUT2D eigenvalue weighted by Gasteiger charge is 2.32. The quantitative estimate of drug-likeness (QED) is 0.181. The average molecular weight is 601 g/mol. The van der Waals surface area contributed by atoms with Crippen LogP contribution in [0, 0.1) is 10.8 Å². The molecule has 1 heterocycles. The molecule has 0 saturated carbocycles. The van der Waals surface area contributed by atoms with Gasteiger partial charge in [-0.2, -0.15) is 9.21 Å². The molecule has 0 aliphatic carbocycles. The Labute approximate surface area is 244 Å². The number of hydrogen-bond acceptors (Lipinski definition) is 8. The van der Waals surface area contributed by atoms with Crippen LogP contribution < -0.4 is 5.32 Å². The van der Waals surface area contributed by atoms with E-state index >= 15 is 0 Å². The van der Waals surface area contributed by atoms with Gasteiger partial charge in [-0.1, -0.05) is 61.5 Å². The van der Waals surface area contributed by atoms with Gasteiger partial charge in [0.2, 0.25) is 15.9 Å². The lowest BCUT2D eigenvalue weighted by Crippen LogP contribution is -2.53. The van der Waals surface area contributed by atoms with E-state index in [-0.39, 0.29) is 43.4 Å². The Kier molecular flexibility index (Phi) is 11.7. The highest BCUT2D eigenvalue weighted by molar-refractivity contribution is 7.89. The molecule has 0 spiro atoms. The Morgan fingerprint density at radius 1 is 1.05 bits per heavy atom. The monoisotopic (exact) mass is 600 g/mol. The van der Waals surface area contributed by atoms with Crippen LogP contribution in [0.15, 0.2) is 77.2 Å². The summed E-state index contributed by atoms with van der Waals surface area (Å²) in [5.74, 6) is -0.742. The first kappa shape index (κ1) is 32.4. The van der Waals surface area contributed by atoms with Crippen molar-refractivity contribution in [2.24, 2.45) is 11.1 Å². The maximum absolute atomic E-state index is 13.6. The maximum Gasteiger partial charge on any atom is 0.408 e. The van der Waals surface area contributed by atoms with Gasteiger partial charge >= 0.3 is 6.09 Å². The topological polar surface area (TPSA) is 185 Å². The predicted molar refractivity (Wildman–Crippen MR) is 155 cm³/mol. The Bertz CT molecular complexity index is 1400. The van der Waals surface area contributed by atoms with Crippen LogP contribution in [-0.4, -0.2) is 81.6 Å². The molecular formula is C28H36N6O7S. The van der Waals surface area contributed by atoms with Gasteiger partial charge in [-0.05, 0) is 35.6 Å². The second-order valence-electron chi connectivity index (χ2n) is 10.3. The predicted octanol–water partition coefficient (Wildman–Crippen LogP) is 2.59. The van der Waals surface area contributed by atoms with E-state index in [1.54, 1.807) is 12.1 Å². The number of carbonyl (C=O) groups excluding carboxylic acids is 1. The molecule has 2 amide bonds. The van der Waals surface area contributed by atoms with E-state index in [1.165, 1.54) is 41.1 Å². The number of sulfonamides is 1. The van der Waals surface area contributed by atoms with Gasteiger partial charge in [-0.25, -0.2) is 18.2 Å². The van der Waals surface area contributed by atoms with Gasteiger partial charge in [0.1, 0.15) is 13.1 Å². The minimum atomic E-state index is -4.06. The van der Waals surface area contributed by atoms with Crippen LogP contribution in [-0.2, 0) is 34.3 Å². The average Bonchev–Trinajstić information content (AvgIpc) is 3.46. The molecule has 0 aliphatic heterocycles. The van der Waals surface area contributed by atoms with Crippen LogP contribution in [0.2, 0.25) is 0 Å². The molecule has 2 aromatic carbocycles. The summed E-state index contributed by atoms with van der Waals surface area (Å²) in [6.07, 6.45) is 0.364. The first-order chi connectivity index (χ1) is 20.0. The van der Waals surface area contributed by atoms with E-state index < -0.39 is 40.7 Å². The SMILES string of the molecule is CC(C)CN(C[C@@H](O)[C@H](Cc1ccccc1)NC(=O)CN(Cc1cnc[nH]1)C(=O)O)S(=O)(=O)c1ccc(CN=O)cc1. The zero-order valence-corrected chi connectivity index (χ0v) is 24.3. The third kappa shape index (κ3) is 9.46. The number of benzene rings is 2. The Hall–Kier alpha value is -4.14. The van der Waals surface area contributed by atoms with Crippen LogP contribution in [0.4, 0.5) is 4.79 Å². The van der Waals surface area contributed by atoms with Gasteiger partial charge in [0.05, 0.1) is 35.6 Å². The number of nitroso groups, excluding NO2 is 1. The van der Waals surface area contributed by atoms with Crippen molar-refractivity contribution in [3.63, 3.8) is 0 Å². The molecule has 0 bridgehead atoms. The van der Waals surface area contributed by atoms with Gasteiger partial charge in [0.15, 0.2) is 0 Å². The third-order valence-corrected chi connectivity index (χ3v) is 8.24. The minimum absolute atomic E-state index is 0.00968. The number of rotatable bonds is 16. The highest BCUT2D eigenvalue weighted by atomic mass is 32.2. The summed E-state index contributed by atoms with van der Waals surface area (Å²) in [6.45, 7) is 2.76. The van der Waals surface area contributed by atoms with Crippen LogP contribution in [0.3, 0.4) is 0 Å². The number of imidazole rings is 1. The first-order valence-corrected chi connectivity index (χ1v) is 14.8. The summed E-state index contributed by atoms with van der Waals surface area (Å²) in [6, 6.07) is 13.9. The Balaban J connectivity index is 1.82. The standard InChI is InChI=1S/C28H36N6O7S/c1-20(2)15-34(42(40,41)24-10-8-22(9-11-24)13-31-39)17-26(35)25(12-21-6-4-3-5-7-21)32-27(36)18-33(28(37)38)16-23-14-29-19-30-23/h3-11,14,19-20,25-26,35H,12-13,15-18H2,1-2H3,(H,29,30)(H,32,36)(H,37,38)/t25-,26+/m0/s1. The first-order valence-electron chi connectivity index (χ1n) is 13.3. The molecule has 0 aliphatic rings. The summed E-state index contributed by atoms with van der Waals surface area (Å²) in [4.78, 5) is 42.9. The summed E-state index contributed by atoms with van der Waals surface area (Å²) < 4.78 is 28.4. The van der Waals surface area contributed by atoms with E-state index in [9.17, 15) is 33.1 Å². The zero-order chi connectivity index (χ0) is 30.7. The van der Waals surface area contributed by atoms with Crippen LogP contribution in [0.25, 0.3) is 0 Å². The van der Waals surface area contributed by atoms with Crippen molar-refractivity contribution in [1.29, 1.82) is 0 Å². The molecule has 0 fully saturated rings. The Morgan fingerprint density at radius 2 is 1.74 bits per heavy atom. The van der Waals surface area contributed by atoms with Crippen molar-refractivity contribution in [3.8, 4) is 0 Å². The van der Waals surface area contributed by atoms with Crippen molar-refractivity contribution in [2.75, 3.05) is 19.6 Å². The molecule has 2 atom stereocenters. The lowest BCUT2D eigenvalue weighted by atomic mass is 10.0. The van der Waals surface area contributed by atoms with E-state index in [1.807, 2.05) is 32.0 Å². The summed E-state index contributed by atoms with van der Waals surface area (Å²) in [5.41, 5.74) is 1.84. The Morgan fingerprint density at radius 3 is 2.31 bits per heavy atom. The molecule has 13 nitrogen and oxygen atoms in total. The second-order valence-corrected chi connectivity index (χ2v) is 12.2. The van der Waals surface area contributed by atoms with Gasteiger partial charge in [0, 0.05) is 19.3 Å². The van der Waals surface area contributed by atoms with Gasteiger partial charge in [-0.15, -0.1) is 0 Å². The highest BCUT2D eigenvalue weighted by Crippen LogP contribution is 2.20. The fraction of sp³-hybridized carbons (Fsp3) is 0.393. The number of aliphatic hydroxyl groups excluding tert-OH is 1. The number of nitrogens with zero attached hydrogens (tertiary/aromatic N) is 4. The van der Waals surface area contributed by atoms with Crippen LogP contribution in [0.5, 0.6) is 0 Å². The molecule has 1 aromatic heterocycles. The van der Waals surface area contributed by atoms with Crippen molar-refractivity contribution in [1.82, 2.24) is 24.5 Å². The molecule has 0 unspecified atom stereocenters. The number of aliphatic hydroxyl groups is 1. The number of carboxylic acid groups (broad SMARTS) is 1. The largest absolute Gasteiger partial charge is 0.465 e. The molecule has 3 rings (SSSR count). The fourth-order valence-corrected chi connectivity index (χ4v) is 5.97. The molecule has 3 aromatic rings. The number of nitrogens with one attached hydrogen (secondary N) is 2. The summed E-state index contributed by atoms with van der Waals surface area (Å²) >= 11 is 0. The molecule has 226 valence electrons. The van der Waals surface area contributed by atoms with E-state index in [0.717, 1.165) is 10.5 Å². The van der Waals surface area contributed by atoms with E-state index in [2.05, 4.69) is 20.5 Å². The molecule has 0 saturated heterocycles. The molecule has 14 heteroatoms. The molecular weight excluding hydrogens is 564 g/mol. The minimum Gasteiger partial charge on any atom is -0.465 e. The van der Waals surface area contributed by atoms with Crippen molar-refractivity contribution in [3.05, 3.63) is 88.8 Å². The van der Waals surface area contributed by atoms with Crippen LogP contribution >= 0.6 is 0 Å². The van der Waals surface area contributed by atoms with E-state index in [0.29, 0.717) is 11.3 Å². The zero-order valence-electron chi connectivity index (χ0n) is 23.5. The van der Waals surface area contributed by atoms with Gasteiger partial charge in [0.25, 0.3) is 0 Å². The summed E-state index contributed by atoms with van der Waals surface area (Å²) in [7, 11) is -4.06. The number of amides is 2. The number of H-pyrrole nitrogens is 1. The van der Waals surface area contributed by atoms with Crippen molar-refractivity contribution < 1.29 is 28.2 Å². The van der Waals surface area contributed by atoms with Crippen molar-refractivity contribution in [2.45, 2.75) is 50.4 Å². The maximum atomic E-state index is 13.6.